The van der Waals surface area contributed by atoms with Crippen LogP contribution < -0.4 is 0 Å². The third-order valence-corrected chi connectivity index (χ3v) is 4.99. The van der Waals surface area contributed by atoms with E-state index in [4.69, 9.17) is 9.52 Å². The Balaban J connectivity index is 1.63. The lowest BCUT2D eigenvalue weighted by Gasteiger charge is -2.32. The topological polar surface area (TPSA) is 70.8 Å². The van der Waals surface area contributed by atoms with Crippen LogP contribution in [-0.4, -0.2) is 35.0 Å². The third kappa shape index (κ3) is 2.45. The smallest absolute Gasteiger partial charge is 0.307 e. The number of furan rings is 1. The number of carboxylic acids is 1. The lowest BCUT2D eigenvalue weighted by Crippen LogP contribution is -2.40. The first-order valence-electron chi connectivity index (χ1n) is 7.66. The van der Waals surface area contributed by atoms with Crippen LogP contribution in [0.1, 0.15) is 48.7 Å². The zero-order chi connectivity index (χ0) is 15.0. The lowest BCUT2D eigenvalue weighted by atomic mass is 9.90. The molecular weight excluding hydrogens is 270 g/mol. The highest BCUT2D eigenvalue weighted by atomic mass is 16.4. The van der Waals surface area contributed by atoms with Gasteiger partial charge in [-0.1, -0.05) is 6.92 Å². The van der Waals surface area contributed by atoms with E-state index in [9.17, 15) is 9.59 Å². The number of piperidine rings is 1. The number of hydrogen-bond acceptors (Lipinski definition) is 3. The monoisotopic (exact) mass is 291 g/mol. The molecule has 1 aliphatic carbocycles. The second kappa shape index (κ2) is 5.20. The van der Waals surface area contributed by atoms with E-state index in [-0.39, 0.29) is 17.2 Å². The molecule has 1 atom stereocenters. The van der Waals surface area contributed by atoms with Crippen molar-refractivity contribution in [3.8, 4) is 0 Å². The van der Waals surface area contributed by atoms with Crippen molar-refractivity contribution in [2.75, 3.05) is 13.1 Å². The minimum Gasteiger partial charge on any atom is -0.481 e. The number of aliphatic carboxylic acids is 1. The van der Waals surface area contributed by atoms with Gasteiger partial charge in [0.15, 0.2) is 0 Å². The van der Waals surface area contributed by atoms with Crippen LogP contribution in [0.4, 0.5) is 0 Å². The average Bonchev–Trinajstić information content (AvgIpc) is 2.97. The molecule has 1 aromatic rings. The van der Waals surface area contributed by atoms with E-state index < -0.39 is 5.97 Å². The van der Waals surface area contributed by atoms with Crippen molar-refractivity contribution < 1.29 is 19.1 Å². The number of likely N-dealkylation sites (tertiary alicyclic amines) is 1. The van der Waals surface area contributed by atoms with E-state index in [1.165, 1.54) is 0 Å². The van der Waals surface area contributed by atoms with Crippen LogP contribution >= 0.6 is 0 Å². The highest BCUT2D eigenvalue weighted by Gasteiger charge is 2.59. The molecule has 0 bridgehead atoms. The standard InChI is InChI=1S/C16H21NO4/c1-2-3-13-11(4-9-21-13)14(18)17-7-5-16(6-8-17)10-12(16)15(19)20/h4,9,12H,2-3,5-8,10H2,1H3,(H,19,20). The Morgan fingerprint density at radius 2 is 2.14 bits per heavy atom. The maximum Gasteiger partial charge on any atom is 0.307 e. The van der Waals surface area contributed by atoms with E-state index in [1.807, 2.05) is 4.90 Å². The zero-order valence-electron chi connectivity index (χ0n) is 12.3. The van der Waals surface area contributed by atoms with Crippen LogP contribution in [0, 0.1) is 11.3 Å². The molecule has 5 nitrogen and oxygen atoms in total. The second-order valence-corrected chi connectivity index (χ2v) is 6.26. The zero-order valence-corrected chi connectivity index (χ0v) is 12.3. The van der Waals surface area contributed by atoms with Gasteiger partial charge in [0.2, 0.25) is 0 Å². The van der Waals surface area contributed by atoms with E-state index in [1.54, 1.807) is 12.3 Å². The summed E-state index contributed by atoms with van der Waals surface area (Å²) in [6.07, 6.45) is 5.67. The van der Waals surface area contributed by atoms with E-state index >= 15 is 0 Å². The molecule has 0 aromatic carbocycles. The molecule has 1 unspecified atom stereocenters. The molecule has 1 saturated heterocycles. The van der Waals surface area contributed by atoms with Gasteiger partial charge in [-0.25, -0.2) is 0 Å². The predicted molar refractivity (Wildman–Crippen MR) is 76.0 cm³/mol. The second-order valence-electron chi connectivity index (χ2n) is 6.26. The number of hydrogen-bond donors (Lipinski definition) is 1. The predicted octanol–water partition coefficient (Wildman–Crippen LogP) is 2.56. The van der Waals surface area contributed by atoms with Crippen LogP contribution in [0.15, 0.2) is 16.7 Å². The van der Waals surface area contributed by atoms with Gasteiger partial charge in [0.1, 0.15) is 5.76 Å². The van der Waals surface area contributed by atoms with Gasteiger partial charge in [-0.15, -0.1) is 0 Å². The number of aryl methyl sites for hydroxylation is 1. The molecule has 1 aliphatic heterocycles. The van der Waals surface area contributed by atoms with E-state index in [0.717, 1.165) is 37.9 Å². The number of carbonyl (C=O) groups excluding carboxylic acids is 1. The lowest BCUT2D eigenvalue weighted by molar-refractivity contribution is -0.139. The molecule has 2 heterocycles. The van der Waals surface area contributed by atoms with Gasteiger partial charge < -0.3 is 14.4 Å². The molecule has 1 N–H and O–H groups in total. The van der Waals surface area contributed by atoms with Gasteiger partial charge in [-0.2, -0.15) is 0 Å². The first kappa shape index (κ1) is 14.2. The summed E-state index contributed by atoms with van der Waals surface area (Å²) in [4.78, 5) is 25.5. The van der Waals surface area contributed by atoms with Gasteiger partial charge in [-0.05, 0) is 37.2 Å². The Bertz CT molecular complexity index is 554. The molecule has 114 valence electrons. The maximum absolute atomic E-state index is 12.6. The number of amides is 1. The summed E-state index contributed by atoms with van der Waals surface area (Å²) in [5, 5.41) is 9.10. The molecule has 1 spiro atoms. The number of rotatable bonds is 4. The van der Waals surface area contributed by atoms with Crippen molar-refractivity contribution in [2.45, 2.75) is 39.0 Å². The van der Waals surface area contributed by atoms with Gasteiger partial charge in [0.25, 0.3) is 5.91 Å². The van der Waals surface area contributed by atoms with Gasteiger partial charge in [0, 0.05) is 19.5 Å². The summed E-state index contributed by atoms with van der Waals surface area (Å²) >= 11 is 0. The first-order valence-corrected chi connectivity index (χ1v) is 7.66. The van der Waals surface area contributed by atoms with Gasteiger partial charge in [-0.3, -0.25) is 9.59 Å². The molecule has 21 heavy (non-hydrogen) atoms. The molecule has 2 fully saturated rings. The Morgan fingerprint density at radius 1 is 1.43 bits per heavy atom. The summed E-state index contributed by atoms with van der Waals surface area (Å²) in [7, 11) is 0. The quantitative estimate of drug-likeness (QED) is 0.925. The van der Waals surface area contributed by atoms with Crippen molar-refractivity contribution in [3.63, 3.8) is 0 Å². The van der Waals surface area contributed by atoms with E-state index in [2.05, 4.69) is 6.92 Å². The Labute approximate surface area is 123 Å². The molecular formula is C16H21NO4. The summed E-state index contributed by atoms with van der Waals surface area (Å²) in [5.74, 6) is -0.0960. The first-order chi connectivity index (χ1) is 10.1. The molecule has 5 heteroatoms. The van der Waals surface area contributed by atoms with Crippen LogP contribution in [0.2, 0.25) is 0 Å². The van der Waals surface area contributed by atoms with Crippen LogP contribution in [-0.2, 0) is 11.2 Å². The summed E-state index contributed by atoms with van der Waals surface area (Å²) in [6.45, 7) is 3.36. The van der Waals surface area contributed by atoms with Crippen molar-refractivity contribution in [2.24, 2.45) is 11.3 Å². The summed E-state index contributed by atoms with van der Waals surface area (Å²) in [6, 6.07) is 1.74. The van der Waals surface area contributed by atoms with Crippen LogP contribution in [0.5, 0.6) is 0 Å². The van der Waals surface area contributed by atoms with Crippen molar-refractivity contribution >= 4 is 11.9 Å². The highest BCUT2D eigenvalue weighted by molar-refractivity contribution is 5.95. The fraction of sp³-hybridized carbons (Fsp3) is 0.625. The third-order valence-electron chi connectivity index (χ3n) is 4.99. The van der Waals surface area contributed by atoms with E-state index in [0.29, 0.717) is 18.7 Å². The molecule has 1 amide bonds. The fourth-order valence-electron chi connectivity index (χ4n) is 3.53. The molecule has 3 rings (SSSR count). The van der Waals surface area contributed by atoms with Crippen molar-refractivity contribution in [1.29, 1.82) is 0 Å². The average molecular weight is 291 g/mol. The minimum absolute atomic E-state index is 0.0228. The number of carboxylic acid groups (broad SMARTS) is 1. The minimum atomic E-state index is -0.685. The van der Waals surface area contributed by atoms with Crippen molar-refractivity contribution in [3.05, 3.63) is 23.7 Å². The van der Waals surface area contributed by atoms with Crippen LogP contribution in [0.3, 0.4) is 0 Å². The summed E-state index contributed by atoms with van der Waals surface area (Å²) < 4.78 is 5.39. The Morgan fingerprint density at radius 3 is 2.71 bits per heavy atom. The highest BCUT2D eigenvalue weighted by Crippen LogP contribution is 2.59. The SMILES string of the molecule is CCCc1occc1C(=O)N1CCC2(CC1)CC2C(=O)O. The molecule has 0 radical (unpaired) electrons. The van der Waals surface area contributed by atoms with Crippen LogP contribution in [0.25, 0.3) is 0 Å². The Hall–Kier alpha value is -1.78. The Kier molecular flexibility index (Phi) is 3.51. The molecule has 1 saturated carbocycles. The number of carbonyl (C=O) groups is 2. The van der Waals surface area contributed by atoms with Crippen molar-refractivity contribution in [1.82, 2.24) is 4.90 Å². The normalized spacial score (nSPS) is 23.3. The molecule has 2 aliphatic rings. The fourth-order valence-corrected chi connectivity index (χ4v) is 3.53. The van der Waals surface area contributed by atoms with Gasteiger partial charge in [0.05, 0.1) is 17.7 Å². The summed E-state index contributed by atoms with van der Waals surface area (Å²) in [5.41, 5.74) is 0.629. The van der Waals surface area contributed by atoms with Gasteiger partial charge >= 0.3 is 5.97 Å². The maximum atomic E-state index is 12.6. The number of nitrogens with zero attached hydrogens (tertiary/aromatic N) is 1. The largest absolute Gasteiger partial charge is 0.481 e. The molecule has 1 aromatic heterocycles.